The lowest BCUT2D eigenvalue weighted by Gasteiger charge is -2.17. The molecular weight excluding hydrogens is 342 g/mol. The van der Waals surface area contributed by atoms with E-state index < -0.39 is 0 Å². The van der Waals surface area contributed by atoms with Gasteiger partial charge in [-0.15, -0.1) is 0 Å². The zero-order chi connectivity index (χ0) is 15.1. The van der Waals surface area contributed by atoms with E-state index in [9.17, 15) is 4.79 Å². The molecule has 110 valence electrons. The van der Waals surface area contributed by atoms with Crippen molar-refractivity contribution in [2.24, 2.45) is 0 Å². The predicted octanol–water partition coefficient (Wildman–Crippen LogP) is 3.78. The van der Waals surface area contributed by atoms with Crippen LogP contribution in [0.1, 0.15) is 12.5 Å². The van der Waals surface area contributed by atoms with Gasteiger partial charge in [-0.05, 0) is 36.8 Å². The van der Waals surface area contributed by atoms with Gasteiger partial charge in [-0.3, -0.25) is 9.48 Å². The number of halogens is 1. The van der Waals surface area contributed by atoms with Crippen molar-refractivity contribution in [1.29, 1.82) is 0 Å². The fourth-order valence-electron chi connectivity index (χ4n) is 3.01. The molecule has 1 saturated heterocycles. The van der Waals surface area contributed by atoms with Gasteiger partial charge in [0, 0.05) is 22.1 Å². The first-order chi connectivity index (χ1) is 10.7. The lowest BCUT2D eigenvalue weighted by atomic mass is 10.2. The van der Waals surface area contributed by atoms with Crippen molar-refractivity contribution in [3.05, 3.63) is 59.2 Å². The maximum atomic E-state index is 12.8. The summed E-state index contributed by atoms with van der Waals surface area (Å²) in [6.07, 6.45) is 2.60. The van der Waals surface area contributed by atoms with Crippen LogP contribution in [0.5, 0.6) is 0 Å². The molecule has 0 radical (unpaired) electrons. The van der Waals surface area contributed by atoms with E-state index in [2.05, 4.69) is 21.0 Å². The van der Waals surface area contributed by atoms with Crippen LogP contribution in [-0.4, -0.2) is 22.2 Å². The molecule has 1 atom stereocenters. The minimum absolute atomic E-state index is 0.108. The van der Waals surface area contributed by atoms with Crippen LogP contribution in [0.15, 0.2) is 59.2 Å². The first-order valence-corrected chi connectivity index (χ1v) is 8.02. The first-order valence-electron chi connectivity index (χ1n) is 7.23. The molecule has 1 aromatic heterocycles. The molecule has 4 rings (SSSR count). The molecule has 22 heavy (non-hydrogen) atoms. The van der Waals surface area contributed by atoms with E-state index in [1.54, 1.807) is 0 Å². The molecule has 3 aromatic rings. The summed E-state index contributed by atoms with van der Waals surface area (Å²) >= 11 is 3.42. The molecular formula is C17H14BrN3O. The molecule has 1 fully saturated rings. The average molecular weight is 356 g/mol. The Balaban J connectivity index is 1.68. The molecule has 0 spiro atoms. The Morgan fingerprint density at radius 2 is 1.86 bits per heavy atom. The van der Waals surface area contributed by atoms with Crippen LogP contribution >= 0.6 is 15.9 Å². The third-order valence-corrected chi connectivity index (χ3v) is 4.64. The number of hydrogen-bond donors (Lipinski definition) is 0. The predicted molar refractivity (Wildman–Crippen MR) is 89.9 cm³/mol. The second-order valence-electron chi connectivity index (χ2n) is 5.42. The van der Waals surface area contributed by atoms with E-state index in [1.165, 1.54) is 0 Å². The summed E-state index contributed by atoms with van der Waals surface area (Å²) in [5, 5.41) is 5.50. The van der Waals surface area contributed by atoms with Crippen molar-refractivity contribution >= 4 is 38.4 Å². The minimum Gasteiger partial charge on any atom is -0.310 e. The molecule has 0 bridgehead atoms. The van der Waals surface area contributed by atoms with Gasteiger partial charge in [0.1, 0.15) is 6.04 Å². The Morgan fingerprint density at radius 3 is 2.68 bits per heavy atom. The molecule has 0 saturated carbocycles. The zero-order valence-corrected chi connectivity index (χ0v) is 13.4. The minimum atomic E-state index is -0.219. The Labute approximate surface area is 136 Å². The van der Waals surface area contributed by atoms with Crippen LogP contribution < -0.4 is 4.90 Å². The Kier molecular flexibility index (Phi) is 3.22. The van der Waals surface area contributed by atoms with E-state index in [0.29, 0.717) is 0 Å². The molecule has 4 nitrogen and oxygen atoms in total. The van der Waals surface area contributed by atoms with E-state index in [0.717, 1.165) is 34.0 Å². The number of aromatic nitrogens is 2. The fraction of sp³-hybridized carbons (Fsp3) is 0.176. The standard InChI is InChI=1S/C17H14BrN3O/c18-13-5-7-14(8-6-13)20-10-9-16(17(20)22)21-15-4-2-1-3-12(15)11-19-21/h1-8,11,16H,9-10H2. The molecule has 1 amide bonds. The zero-order valence-electron chi connectivity index (χ0n) is 11.8. The maximum Gasteiger partial charge on any atom is 0.251 e. The lowest BCUT2D eigenvalue weighted by molar-refractivity contribution is -0.119. The normalized spacial score (nSPS) is 18.3. The summed E-state index contributed by atoms with van der Waals surface area (Å²) in [6, 6.07) is 15.6. The molecule has 0 aliphatic carbocycles. The summed E-state index contributed by atoms with van der Waals surface area (Å²) in [7, 11) is 0. The van der Waals surface area contributed by atoms with Gasteiger partial charge in [0.25, 0.3) is 5.91 Å². The largest absolute Gasteiger partial charge is 0.310 e. The fourth-order valence-corrected chi connectivity index (χ4v) is 3.27. The summed E-state index contributed by atoms with van der Waals surface area (Å²) in [5.74, 6) is 0.108. The van der Waals surface area contributed by atoms with Crippen LogP contribution in [0.2, 0.25) is 0 Å². The number of para-hydroxylation sites is 1. The highest BCUT2D eigenvalue weighted by molar-refractivity contribution is 9.10. The Bertz CT molecular complexity index is 840. The smallest absolute Gasteiger partial charge is 0.251 e. The number of nitrogens with zero attached hydrogens (tertiary/aromatic N) is 3. The van der Waals surface area contributed by atoms with Gasteiger partial charge in [-0.2, -0.15) is 5.10 Å². The summed E-state index contributed by atoms with van der Waals surface area (Å²) in [5.41, 5.74) is 1.95. The molecule has 1 unspecified atom stereocenters. The SMILES string of the molecule is O=C1C(n2ncc3ccccc32)CCN1c1ccc(Br)cc1. The average Bonchev–Trinajstić information content (AvgIpc) is 3.12. The second-order valence-corrected chi connectivity index (χ2v) is 6.33. The third-order valence-electron chi connectivity index (χ3n) is 4.12. The van der Waals surface area contributed by atoms with E-state index >= 15 is 0 Å². The quantitative estimate of drug-likeness (QED) is 0.701. The highest BCUT2D eigenvalue weighted by atomic mass is 79.9. The number of carbonyl (C=O) groups excluding carboxylic acids is 1. The number of hydrogen-bond acceptors (Lipinski definition) is 2. The monoisotopic (exact) mass is 355 g/mol. The van der Waals surface area contributed by atoms with Crippen molar-refractivity contribution in [1.82, 2.24) is 9.78 Å². The molecule has 1 aliphatic rings. The topological polar surface area (TPSA) is 38.1 Å². The maximum absolute atomic E-state index is 12.8. The van der Waals surface area contributed by atoms with Gasteiger partial charge in [0.15, 0.2) is 0 Å². The van der Waals surface area contributed by atoms with Gasteiger partial charge in [0.05, 0.1) is 11.7 Å². The summed E-state index contributed by atoms with van der Waals surface area (Å²) in [4.78, 5) is 14.6. The molecule has 2 aromatic carbocycles. The third kappa shape index (κ3) is 2.13. The van der Waals surface area contributed by atoms with Crippen LogP contribution in [-0.2, 0) is 4.79 Å². The van der Waals surface area contributed by atoms with Crippen molar-refractivity contribution in [3.63, 3.8) is 0 Å². The first kappa shape index (κ1) is 13.5. The molecule has 0 N–H and O–H groups in total. The van der Waals surface area contributed by atoms with E-state index in [1.807, 2.05) is 64.3 Å². The van der Waals surface area contributed by atoms with E-state index in [-0.39, 0.29) is 11.9 Å². The number of benzene rings is 2. The van der Waals surface area contributed by atoms with Gasteiger partial charge in [-0.1, -0.05) is 34.1 Å². The second kappa shape index (κ2) is 5.25. The van der Waals surface area contributed by atoms with Crippen LogP contribution in [0.3, 0.4) is 0 Å². The Morgan fingerprint density at radius 1 is 1.09 bits per heavy atom. The number of fused-ring (bicyclic) bond motifs is 1. The highest BCUT2D eigenvalue weighted by Crippen LogP contribution is 2.30. The van der Waals surface area contributed by atoms with E-state index in [4.69, 9.17) is 0 Å². The Hall–Kier alpha value is -2.14. The van der Waals surface area contributed by atoms with Gasteiger partial charge in [-0.25, -0.2) is 0 Å². The van der Waals surface area contributed by atoms with Crippen molar-refractivity contribution < 1.29 is 4.79 Å². The molecule has 2 heterocycles. The van der Waals surface area contributed by atoms with Crippen LogP contribution in [0.4, 0.5) is 5.69 Å². The van der Waals surface area contributed by atoms with Crippen LogP contribution in [0, 0.1) is 0 Å². The number of anilines is 1. The van der Waals surface area contributed by atoms with Gasteiger partial charge in [0.2, 0.25) is 0 Å². The van der Waals surface area contributed by atoms with Crippen molar-refractivity contribution in [2.45, 2.75) is 12.5 Å². The number of amides is 1. The highest BCUT2D eigenvalue weighted by Gasteiger charge is 2.35. The summed E-state index contributed by atoms with van der Waals surface area (Å²) < 4.78 is 2.87. The summed E-state index contributed by atoms with van der Waals surface area (Å²) in [6.45, 7) is 0.722. The number of carbonyl (C=O) groups is 1. The van der Waals surface area contributed by atoms with Crippen LogP contribution in [0.25, 0.3) is 10.9 Å². The number of rotatable bonds is 2. The molecule has 5 heteroatoms. The van der Waals surface area contributed by atoms with Gasteiger partial charge >= 0.3 is 0 Å². The van der Waals surface area contributed by atoms with Crippen molar-refractivity contribution in [2.75, 3.05) is 11.4 Å². The lowest BCUT2D eigenvalue weighted by Crippen LogP contribution is -2.28. The van der Waals surface area contributed by atoms with Crippen molar-refractivity contribution in [3.8, 4) is 0 Å². The van der Waals surface area contributed by atoms with Gasteiger partial charge < -0.3 is 4.90 Å². The molecule has 1 aliphatic heterocycles.